The summed E-state index contributed by atoms with van der Waals surface area (Å²) in [7, 11) is 0. The Morgan fingerprint density at radius 1 is 1.53 bits per heavy atom. The minimum atomic E-state index is -0.150. The van der Waals surface area contributed by atoms with Crippen LogP contribution in [0.3, 0.4) is 0 Å². The van der Waals surface area contributed by atoms with Crippen LogP contribution < -0.4 is 4.90 Å². The van der Waals surface area contributed by atoms with Gasteiger partial charge in [0.1, 0.15) is 12.3 Å². The second-order valence-electron chi connectivity index (χ2n) is 4.08. The fraction of sp³-hybridized carbons (Fsp3) is 0.462. The summed E-state index contributed by atoms with van der Waals surface area (Å²) < 4.78 is 5.32. The molecule has 0 radical (unpaired) electrons. The van der Waals surface area contributed by atoms with Crippen LogP contribution in [0.1, 0.15) is 5.56 Å². The van der Waals surface area contributed by atoms with Gasteiger partial charge in [-0.2, -0.15) is 0 Å². The largest absolute Gasteiger partial charge is 0.377 e. The third kappa shape index (κ3) is 3.07. The van der Waals surface area contributed by atoms with Gasteiger partial charge in [0, 0.05) is 17.6 Å². The van der Waals surface area contributed by atoms with E-state index in [0.29, 0.717) is 13.2 Å². The number of anilines is 1. The van der Waals surface area contributed by atoms with Crippen LogP contribution in [0, 0.1) is 0 Å². The number of benzene rings is 1. The molecular formula is C13H16BrNO2. The third-order valence-electron chi connectivity index (χ3n) is 2.95. The molecule has 0 aromatic heterocycles. The summed E-state index contributed by atoms with van der Waals surface area (Å²) >= 11 is 3.44. The Labute approximate surface area is 110 Å². The van der Waals surface area contributed by atoms with Crippen LogP contribution in [-0.4, -0.2) is 37.4 Å². The van der Waals surface area contributed by atoms with E-state index in [1.807, 2.05) is 6.07 Å². The lowest BCUT2D eigenvalue weighted by molar-refractivity contribution is -0.111. The fourth-order valence-corrected chi connectivity index (χ4v) is 2.51. The van der Waals surface area contributed by atoms with Crippen LogP contribution in [0.4, 0.5) is 5.69 Å². The SMILES string of the molecule is O=CC1COCCN1c1cccc(CCBr)c1. The lowest BCUT2D eigenvalue weighted by Gasteiger charge is -2.34. The van der Waals surface area contributed by atoms with Gasteiger partial charge in [-0.25, -0.2) is 0 Å². The van der Waals surface area contributed by atoms with Gasteiger partial charge in [0.05, 0.1) is 13.2 Å². The van der Waals surface area contributed by atoms with E-state index < -0.39 is 0 Å². The molecule has 0 aliphatic carbocycles. The van der Waals surface area contributed by atoms with Crippen molar-refractivity contribution in [1.82, 2.24) is 0 Å². The van der Waals surface area contributed by atoms with Gasteiger partial charge in [-0.15, -0.1) is 0 Å². The number of nitrogens with zero attached hydrogens (tertiary/aromatic N) is 1. The first kappa shape index (κ1) is 12.6. The molecule has 1 fully saturated rings. The molecule has 0 amide bonds. The highest BCUT2D eigenvalue weighted by molar-refractivity contribution is 9.09. The first-order valence-corrected chi connectivity index (χ1v) is 6.92. The number of hydrogen-bond acceptors (Lipinski definition) is 3. The van der Waals surface area contributed by atoms with Gasteiger partial charge in [-0.1, -0.05) is 28.1 Å². The van der Waals surface area contributed by atoms with Crippen LogP contribution in [0.2, 0.25) is 0 Å². The molecule has 1 unspecified atom stereocenters. The highest BCUT2D eigenvalue weighted by atomic mass is 79.9. The van der Waals surface area contributed by atoms with Crippen LogP contribution in [0.15, 0.2) is 24.3 Å². The lowest BCUT2D eigenvalue weighted by Crippen LogP contribution is -2.46. The van der Waals surface area contributed by atoms with Gasteiger partial charge in [-0.05, 0) is 24.1 Å². The number of ether oxygens (including phenoxy) is 1. The lowest BCUT2D eigenvalue weighted by atomic mass is 10.1. The average Bonchev–Trinajstić information content (AvgIpc) is 2.39. The molecule has 1 atom stereocenters. The highest BCUT2D eigenvalue weighted by Gasteiger charge is 2.22. The molecule has 92 valence electrons. The van der Waals surface area contributed by atoms with Crippen molar-refractivity contribution in [1.29, 1.82) is 0 Å². The quantitative estimate of drug-likeness (QED) is 0.629. The summed E-state index contributed by atoms with van der Waals surface area (Å²) in [6.07, 6.45) is 1.97. The summed E-state index contributed by atoms with van der Waals surface area (Å²) in [5.41, 5.74) is 2.40. The van der Waals surface area contributed by atoms with Crippen LogP contribution in [0.5, 0.6) is 0 Å². The molecule has 0 saturated carbocycles. The zero-order valence-electron chi connectivity index (χ0n) is 9.64. The topological polar surface area (TPSA) is 29.5 Å². The molecule has 1 aliphatic heterocycles. The molecule has 4 heteroatoms. The number of aryl methyl sites for hydroxylation is 1. The highest BCUT2D eigenvalue weighted by Crippen LogP contribution is 2.20. The molecule has 17 heavy (non-hydrogen) atoms. The van der Waals surface area contributed by atoms with E-state index in [2.05, 4.69) is 39.0 Å². The smallest absolute Gasteiger partial charge is 0.144 e. The zero-order chi connectivity index (χ0) is 12.1. The summed E-state index contributed by atoms with van der Waals surface area (Å²) in [5, 5.41) is 0.955. The zero-order valence-corrected chi connectivity index (χ0v) is 11.2. The van der Waals surface area contributed by atoms with Gasteiger partial charge >= 0.3 is 0 Å². The van der Waals surface area contributed by atoms with Gasteiger partial charge in [-0.3, -0.25) is 0 Å². The average molecular weight is 298 g/mol. The van der Waals surface area contributed by atoms with Crippen molar-refractivity contribution in [3.8, 4) is 0 Å². The van der Waals surface area contributed by atoms with Crippen molar-refractivity contribution < 1.29 is 9.53 Å². The summed E-state index contributed by atoms with van der Waals surface area (Å²) in [6, 6.07) is 8.22. The Hall–Kier alpha value is -0.870. The minimum Gasteiger partial charge on any atom is -0.377 e. The standard InChI is InChI=1S/C13H16BrNO2/c14-5-4-11-2-1-3-12(8-11)15-6-7-17-10-13(15)9-16/h1-3,8-9,13H,4-7,10H2. The summed E-state index contributed by atoms with van der Waals surface area (Å²) in [5.74, 6) is 0. The van der Waals surface area contributed by atoms with Gasteiger partial charge in [0.15, 0.2) is 0 Å². The van der Waals surface area contributed by atoms with E-state index in [-0.39, 0.29) is 6.04 Å². The Kier molecular flexibility index (Phi) is 4.57. The number of carbonyl (C=O) groups excluding carboxylic acids is 1. The van der Waals surface area contributed by atoms with Crippen molar-refractivity contribution in [2.45, 2.75) is 12.5 Å². The molecule has 1 heterocycles. The van der Waals surface area contributed by atoms with E-state index in [4.69, 9.17) is 4.74 Å². The molecule has 1 aromatic carbocycles. The van der Waals surface area contributed by atoms with Gasteiger partial charge < -0.3 is 14.4 Å². The van der Waals surface area contributed by atoms with Crippen molar-refractivity contribution >= 4 is 27.9 Å². The Bertz CT molecular complexity index is 383. The monoisotopic (exact) mass is 297 g/mol. The first-order valence-electron chi connectivity index (χ1n) is 5.79. The normalized spacial score (nSPS) is 20.3. The molecule has 3 nitrogen and oxygen atoms in total. The molecular weight excluding hydrogens is 282 g/mol. The summed E-state index contributed by atoms with van der Waals surface area (Å²) in [6.45, 7) is 1.96. The molecule has 0 bridgehead atoms. The van der Waals surface area contributed by atoms with Crippen molar-refractivity contribution in [3.63, 3.8) is 0 Å². The van der Waals surface area contributed by atoms with Crippen molar-refractivity contribution in [2.24, 2.45) is 0 Å². The van der Waals surface area contributed by atoms with Gasteiger partial charge in [0.25, 0.3) is 0 Å². The predicted octanol–water partition coefficient (Wildman–Crippen LogP) is 2.03. The number of halogens is 1. The number of morpholine rings is 1. The van der Waals surface area contributed by atoms with E-state index in [9.17, 15) is 4.79 Å². The van der Waals surface area contributed by atoms with Gasteiger partial charge in [0.2, 0.25) is 0 Å². The molecule has 1 aliphatic rings. The summed E-state index contributed by atoms with van der Waals surface area (Å²) in [4.78, 5) is 13.1. The third-order valence-corrected chi connectivity index (χ3v) is 3.34. The Balaban J connectivity index is 2.19. The van der Waals surface area contributed by atoms with E-state index in [1.165, 1.54) is 5.56 Å². The van der Waals surface area contributed by atoms with Crippen LogP contribution in [-0.2, 0) is 16.0 Å². The molecule has 0 spiro atoms. The first-order chi connectivity index (χ1) is 8.35. The maximum atomic E-state index is 11.0. The molecule has 1 aromatic rings. The van der Waals surface area contributed by atoms with E-state index >= 15 is 0 Å². The number of carbonyl (C=O) groups is 1. The van der Waals surface area contributed by atoms with E-state index in [0.717, 1.165) is 30.3 Å². The van der Waals surface area contributed by atoms with Crippen LogP contribution >= 0.6 is 15.9 Å². The fourth-order valence-electron chi connectivity index (χ4n) is 2.06. The number of alkyl halides is 1. The Morgan fingerprint density at radius 3 is 3.18 bits per heavy atom. The molecule has 0 N–H and O–H groups in total. The van der Waals surface area contributed by atoms with E-state index in [1.54, 1.807) is 0 Å². The Morgan fingerprint density at radius 2 is 2.41 bits per heavy atom. The molecule has 1 saturated heterocycles. The number of aldehydes is 1. The maximum absolute atomic E-state index is 11.0. The minimum absolute atomic E-state index is 0.150. The number of rotatable bonds is 4. The second kappa shape index (κ2) is 6.17. The van der Waals surface area contributed by atoms with Crippen LogP contribution in [0.25, 0.3) is 0 Å². The molecule has 2 rings (SSSR count). The predicted molar refractivity (Wildman–Crippen MR) is 72.0 cm³/mol. The maximum Gasteiger partial charge on any atom is 0.144 e. The number of hydrogen-bond donors (Lipinski definition) is 0. The second-order valence-corrected chi connectivity index (χ2v) is 4.87. The van der Waals surface area contributed by atoms with Crippen molar-refractivity contribution in [2.75, 3.05) is 30.0 Å². The van der Waals surface area contributed by atoms with Crippen molar-refractivity contribution in [3.05, 3.63) is 29.8 Å².